The largest absolute Gasteiger partial charge is 0.347 e. The third-order valence-electron chi connectivity index (χ3n) is 16.1. The average Bonchev–Trinajstić information content (AvgIpc) is 3.97. The van der Waals surface area contributed by atoms with Gasteiger partial charge in [-0.05, 0) is 142 Å². The van der Waals surface area contributed by atoms with E-state index in [4.69, 9.17) is 0 Å². The number of likely N-dealkylation sites (N-methyl/N-ethyl adjacent to an activating group) is 2. The highest BCUT2D eigenvalue weighted by Crippen LogP contribution is 2.33. The molecule has 79 heavy (non-hydrogen) atoms. The van der Waals surface area contributed by atoms with E-state index in [0.29, 0.717) is 12.0 Å². The van der Waals surface area contributed by atoms with Crippen molar-refractivity contribution in [1.82, 2.24) is 46.6 Å². The van der Waals surface area contributed by atoms with Gasteiger partial charge < -0.3 is 46.6 Å². The Balaban J connectivity index is 1.15. The average molecular weight is 1080 g/mol. The molecular formula is C62H82FN9O7. The number of hydrogen-bond donors (Lipinski definition) is 6. The van der Waals surface area contributed by atoms with Crippen molar-refractivity contribution < 1.29 is 38.0 Å². The second-order valence-corrected chi connectivity index (χ2v) is 24.0. The summed E-state index contributed by atoms with van der Waals surface area (Å²) in [6.45, 7) is 16.8. The van der Waals surface area contributed by atoms with Crippen LogP contribution in [-0.2, 0) is 49.8 Å². The summed E-state index contributed by atoms with van der Waals surface area (Å²) in [6.07, 6.45) is 3.22. The first kappa shape index (κ1) is 59.7. The van der Waals surface area contributed by atoms with E-state index < -0.39 is 82.7 Å². The predicted octanol–water partition coefficient (Wildman–Crippen LogP) is 6.02. The number of fused-ring (bicyclic) bond motifs is 2. The smallest absolute Gasteiger partial charge is 0.254 e. The summed E-state index contributed by atoms with van der Waals surface area (Å²) in [5.41, 5.74) is 3.67. The number of likely N-dealkylation sites (tertiary alicyclic amines) is 1. The fourth-order valence-corrected chi connectivity index (χ4v) is 11.0. The molecule has 17 heteroatoms. The number of nitrogens with one attached hydrogen (secondary N) is 6. The molecule has 0 saturated carbocycles. The SMILES string of the molecule is CN[C@@H](C)C(=O)N[C@H](C(=O)N1Cc2ccccc2C[C@H]1CN(C(=O)c1ccc(C(=O)N[C@H]2C[C@@H](C(=O)N[C@@H]3CCCc4ccccc43)N(C(=O)[C@@H](NC(=O)[C@@H](C)NC)C(C)(C)C)C2)cc1)[C@H](C)Cc1ccccc1F)C(C)(C)C. The number of carbonyl (C=O) groups excluding carboxylic acids is 7. The van der Waals surface area contributed by atoms with Gasteiger partial charge in [-0.2, -0.15) is 0 Å². The van der Waals surface area contributed by atoms with Crippen molar-refractivity contribution in [1.29, 1.82) is 0 Å². The molecular weight excluding hydrogens is 1000 g/mol. The fourth-order valence-electron chi connectivity index (χ4n) is 11.0. The number of amides is 7. The summed E-state index contributed by atoms with van der Waals surface area (Å²) in [5, 5.41) is 18.1. The standard InChI is InChI=1S/C62H82FN9O7/c1-37(31-44-21-15-17-25-49(44)63)70(36-47-32-43-20-12-13-22-45(43)34-71(47)59(78)52(61(4,5)6)68-54(73)38(2)64-10)58(77)42-29-27-41(28-30-42)56(75)66-46-33-51(57(76)67-50-26-18-23-40-19-14-16-24-48(40)50)72(35-46)60(79)53(62(7,8)9)69-55(74)39(3)65-11/h12-17,19-22,24-25,27-30,37-39,46-47,50-53,64-65H,18,23,26,31-36H2,1-11H3,(H,66,75)(H,67,76)(H,68,73)(H,69,74)/t37-,38+,39-,46+,47+,50-,51+,52-,53-/m1/s1. The molecule has 4 aromatic rings. The van der Waals surface area contributed by atoms with E-state index in [1.54, 1.807) is 80.2 Å². The van der Waals surface area contributed by atoms with Crippen LogP contribution in [0.15, 0.2) is 97.1 Å². The first-order valence-electron chi connectivity index (χ1n) is 27.9. The lowest BCUT2D eigenvalue weighted by Gasteiger charge is -2.44. The minimum absolute atomic E-state index is 0.00245. The molecule has 16 nitrogen and oxygen atoms in total. The van der Waals surface area contributed by atoms with Crippen LogP contribution in [0.3, 0.4) is 0 Å². The third-order valence-corrected chi connectivity index (χ3v) is 16.1. The lowest BCUT2D eigenvalue weighted by molar-refractivity contribution is -0.144. The van der Waals surface area contributed by atoms with Gasteiger partial charge in [-0.1, -0.05) is 108 Å². The minimum atomic E-state index is -0.993. The van der Waals surface area contributed by atoms with Crippen molar-refractivity contribution in [2.75, 3.05) is 27.2 Å². The molecule has 0 spiro atoms. The highest BCUT2D eigenvalue weighted by molar-refractivity contribution is 5.99. The van der Waals surface area contributed by atoms with Crippen LogP contribution in [0.2, 0.25) is 0 Å². The topological polar surface area (TPSA) is 201 Å². The van der Waals surface area contributed by atoms with Crippen LogP contribution in [0.4, 0.5) is 4.39 Å². The van der Waals surface area contributed by atoms with E-state index in [9.17, 15) is 28.8 Å². The van der Waals surface area contributed by atoms with Crippen LogP contribution in [0.5, 0.6) is 0 Å². The van der Waals surface area contributed by atoms with Crippen molar-refractivity contribution in [2.45, 2.75) is 162 Å². The van der Waals surface area contributed by atoms with Crippen LogP contribution >= 0.6 is 0 Å². The van der Waals surface area contributed by atoms with E-state index in [1.807, 2.05) is 90.9 Å². The lowest BCUT2D eigenvalue weighted by atomic mass is 9.84. The summed E-state index contributed by atoms with van der Waals surface area (Å²) < 4.78 is 15.3. The van der Waals surface area contributed by atoms with Gasteiger partial charge in [0.1, 0.15) is 23.9 Å². The summed E-state index contributed by atoms with van der Waals surface area (Å²) in [4.78, 5) is 105. The van der Waals surface area contributed by atoms with Crippen molar-refractivity contribution >= 4 is 41.4 Å². The van der Waals surface area contributed by atoms with E-state index in [-0.39, 0.29) is 73.3 Å². The lowest BCUT2D eigenvalue weighted by Crippen LogP contribution is -2.61. The first-order valence-corrected chi connectivity index (χ1v) is 27.9. The molecule has 6 N–H and O–H groups in total. The Bertz CT molecular complexity index is 2860. The molecule has 4 aromatic carbocycles. The second kappa shape index (κ2) is 25.4. The molecule has 424 valence electrons. The van der Waals surface area contributed by atoms with Crippen LogP contribution in [0.25, 0.3) is 0 Å². The second-order valence-electron chi connectivity index (χ2n) is 24.0. The summed E-state index contributed by atoms with van der Waals surface area (Å²) in [7, 11) is 3.33. The number of halogens is 1. The van der Waals surface area contributed by atoms with Crippen molar-refractivity contribution in [3.63, 3.8) is 0 Å². The predicted molar refractivity (Wildman–Crippen MR) is 303 cm³/mol. The molecule has 0 unspecified atom stereocenters. The Labute approximate surface area is 465 Å². The van der Waals surface area contributed by atoms with E-state index in [0.717, 1.165) is 41.5 Å². The molecule has 0 bridgehead atoms. The molecule has 3 aliphatic rings. The summed E-state index contributed by atoms with van der Waals surface area (Å²) >= 11 is 0. The minimum Gasteiger partial charge on any atom is -0.347 e. The molecule has 2 aliphatic heterocycles. The number of benzene rings is 4. The van der Waals surface area contributed by atoms with Gasteiger partial charge in [-0.25, -0.2) is 4.39 Å². The molecule has 0 aromatic heterocycles. The number of nitrogens with zero attached hydrogens (tertiary/aromatic N) is 3. The Hall–Kier alpha value is -6.98. The Morgan fingerprint density at radius 3 is 1.81 bits per heavy atom. The zero-order valence-corrected chi connectivity index (χ0v) is 47.9. The van der Waals surface area contributed by atoms with Gasteiger partial charge in [0.25, 0.3) is 11.8 Å². The highest BCUT2D eigenvalue weighted by Gasteiger charge is 2.47. The molecule has 1 saturated heterocycles. The van der Waals surface area contributed by atoms with Crippen molar-refractivity contribution in [2.24, 2.45) is 10.8 Å². The molecule has 9 atom stereocenters. The molecule has 0 radical (unpaired) electrons. The zero-order valence-electron chi connectivity index (χ0n) is 47.9. The van der Waals surface area contributed by atoms with Gasteiger partial charge in [0, 0.05) is 42.8 Å². The fraction of sp³-hybridized carbons (Fsp3) is 0.500. The highest BCUT2D eigenvalue weighted by atomic mass is 19.1. The number of hydrogen-bond acceptors (Lipinski definition) is 9. The molecule has 2 heterocycles. The van der Waals surface area contributed by atoms with Crippen molar-refractivity contribution in [3.05, 3.63) is 142 Å². The summed E-state index contributed by atoms with van der Waals surface area (Å²) in [5.74, 6) is -3.05. The van der Waals surface area contributed by atoms with Crippen LogP contribution in [0.1, 0.15) is 136 Å². The third kappa shape index (κ3) is 14.3. The maximum Gasteiger partial charge on any atom is 0.254 e. The van der Waals surface area contributed by atoms with E-state index in [2.05, 4.69) is 38.0 Å². The van der Waals surface area contributed by atoms with E-state index in [1.165, 1.54) is 11.0 Å². The number of rotatable bonds is 18. The van der Waals surface area contributed by atoms with Gasteiger partial charge >= 0.3 is 0 Å². The monoisotopic (exact) mass is 1080 g/mol. The maximum atomic E-state index is 15.3. The van der Waals surface area contributed by atoms with Crippen LogP contribution in [0, 0.1) is 16.6 Å². The summed E-state index contributed by atoms with van der Waals surface area (Å²) in [6, 6.07) is 22.5. The maximum absolute atomic E-state index is 15.3. The van der Waals surface area contributed by atoms with Crippen molar-refractivity contribution in [3.8, 4) is 0 Å². The van der Waals surface area contributed by atoms with Gasteiger partial charge in [0.2, 0.25) is 29.5 Å². The molecule has 7 amide bonds. The van der Waals surface area contributed by atoms with Gasteiger partial charge in [-0.15, -0.1) is 0 Å². The molecule has 1 fully saturated rings. The Morgan fingerprint density at radius 1 is 0.671 bits per heavy atom. The first-order chi connectivity index (χ1) is 37.4. The van der Waals surface area contributed by atoms with Crippen LogP contribution in [-0.4, -0.2) is 132 Å². The number of carbonyl (C=O) groups is 7. The molecule has 1 aliphatic carbocycles. The zero-order chi connectivity index (χ0) is 57.5. The molecule has 7 rings (SSSR count). The quantitative estimate of drug-likeness (QED) is 0.0689. The number of aryl methyl sites for hydroxylation is 1. The van der Waals surface area contributed by atoms with Gasteiger partial charge in [-0.3, -0.25) is 33.6 Å². The van der Waals surface area contributed by atoms with Crippen LogP contribution < -0.4 is 31.9 Å². The van der Waals surface area contributed by atoms with E-state index >= 15 is 9.18 Å². The Kier molecular flexibility index (Phi) is 19.2. The van der Waals surface area contributed by atoms with Gasteiger partial charge in [0.05, 0.1) is 24.2 Å². The Morgan fingerprint density at radius 2 is 1.22 bits per heavy atom. The normalized spacial score (nSPS) is 20.1. The van der Waals surface area contributed by atoms with Gasteiger partial charge in [0.15, 0.2) is 0 Å².